The molecule has 2 nitrogen and oxygen atoms in total. The molecule has 1 aliphatic rings. The zero-order chi connectivity index (χ0) is 16.7. The number of benzene rings is 2. The second-order valence-electron chi connectivity index (χ2n) is 6.14. The van der Waals surface area contributed by atoms with Gasteiger partial charge in [0, 0.05) is 5.56 Å². The van der Waals surface area contributed by atoms with Crippen LogP contribution in [0.15, 0.2) is 53.5 Å². The molecule has 5 heteroatoms. The Bertz CT molecular complexity index is 746. The summed E-state index contributed by atoms with van der Waals surface area (Å²) in [4.78, 5) is 4.55. The highest BCUT2D eigenvalue weighted by atomic mass is 19.4. The third-order valence-corrected chi connectivity index (χ3v) is 3.65. The van der Waals surface area contributed by atoms with Crippen LogP contribution in [-0.2, 0) is 10.9 Å². The van der Waals surface area contributed by atoms with Crippen LogP contribution in [0, 0.1) is 0 Å². The lowest BCUT2D eigenvalue weighted by molar-refractivity contribution is -0.137. The number of hydrogen-bond acceptors (Lipinski definition) is 2. The highest BCUT2D eigenvalue weighted by molar-refractivity contribution is 6.01. The lowest BCUT2D eigenvalue weighted by Gasteiger charge is -2.11. The highest BCUT2D eigenvalue weighted by Crippen LogP contribution is 2.33. The molecule has 120 valence electrons. The Morgan fingerprint density at radius 3 is 2.26 bits per heavy atom. The molecule has 3 rings (SSSR count). The molecule has 0 aliphatic carbocycles. The maximum Gasteiger partial charge on any atom is 0.416 e. The molecule has 1 heterocycles. The van der Waals surface area contributed by atoms with E-state index in [0.29, 0.717) is 18.1 Å². The summed E-state index contributed by atoms with van der Waals surface area (Å²) in [7, 11) is 0. The zero-order valence-corrected chi connectivity index (χ0v) is 12.8. The summed E-state index contributed by atoms with van der Waals surface area (Å²) in [6.45, 7) is 4.44. The minimum atomic E-state index is -4.33. The smallest absolute Gasteiger partial charge is 0.416 e. The van der Waals surface area contributed by atoms with E-state index in [0.717, 1.165) is 23.3 Å². The molecule has 2 aromatic carbocycles. The Hall–Kier alpha value is -2.30. The summed E-state index contributed by atoms with van der Waals surface area (Å²) in [5, 5.41) is 0. The summed E-state index contributed by atoms with van der Waals surface area (Å²) in [5.41, 5.74) is 1.34. The second kappa shape index (κ2) is 5.41. The van der Waals surface area contributed by atoms with Gasteiger partial charge in [-0.1, -0.05) is 30.3 Å². The van der Waals surface area contributed by atoms with Crippen LogP contribution in [0.3, 0.4) is 0 Å². The van der Waals surface area contributed by atoms with Crippen molar-refractivity contribution in [3.63, 3.8) is 0 Å². The average Bonchev–Trinajstić information content (AvgIpc) is 2.87. The van der Waals surface area contributed by atoms with Gasteiger partial charge in [0.2, 0.25) is 5.90 Å². The fourth-order valence-electron chi connectivity index (χ4n) is 2.48. The van der Waals surface area contributed by atoms with Crippen molar-refractivity contribution < 1.29 is 17.9 Å². The highest BCUT2D eigenvalue weighted by Gasteiger charge is 2.31. The molecular weight excluding hydrogens is 305 g/mol. The molecule has 2 aromatic rings. The van der Waals surface area contributed by atoms with Gasteiger partial charge in [-0.25, -0.2) is 4.99 Å². The third-order valence-electron chi connectivity index (χ3n) is 3.65. The summed E-state index contributed by atoms with van der Waals surface area (Å²) in [6, 6.07) is 12.6. The molecule has 0 saturated carbocycles. The monoisotopic (exact) mass is 321 g/mol. The van der Waals surface area contributed by atoms with Crippen LogP contribution in [0.25, 0.3) is 11.1 Å². The fourth-order valence-corrected chi connectivity index (χ4v) is 2.48. The van der Waals surface area contributed by atoms with E-state index in [-0.39, 0.29) is 5.54 Å². The van der Waals surface area contributed by atoms with E-state index in [1.54, 1.807) is 0 Å². The van der Waals surface area contributed by atoms with Gasteiger partial charge in [-0.15, -0.1) is 0 Å². The van der Waals surface area contributed by atoms with E-state index < -0.39 is 11.7 Å². The van der Waals surface area contributed by atoms with Crippen LogP contribution in [0.4, 0.5) is 13.2 Å². The Morgan fingerprint density at radius 1 is 1.04 bits per heavy atom. The van der Waals surface area contributed by atoms with Gasteiger partial charge in [-0.2, -0.15) is 13.2 Å². The maximum atomic E-state index is 12.7. The first kappa shape index (κ1) is 15.6. The molecular formula is C18H16F3NO. The van der Waals surface area contributed by atoms with E-state index in [4.69, 9.17) is 4.74 Å². The van der Waals surface area contributed by atoms with Crippen LogP contribution in [0.1, 0.15) is 25.0 Å². The van der Waals surface area contributed by atoms with Crippen LogP contribution in [0.5, 0.6) is 0 Å². The van der Waals surface area contributed by atoms with Crippen molar-refractivity contribution in [3.05, 3.63) is 59.7 Å². The number of ether oxygens (including phenoxy) is 1. The van der Waals surface area contributed by atoms with Crippen LogP contribution < -0.4 is 0 Å². The lowest BCUT2D eigenvalue weighted by Crippen LogP contribution is -2.17. The Kier molecular flexibility index (Phi) is 3.66. The first-order valence-electron chi connectivity index (χ1n) is 7.26. The Labute approximate surface area is 132 Å². The minimum absolute atomic E-state index is 0.289. The van der Waals surface area contributed by atoms with Crippen molar-refractivity contribution >= 4 is 5.90 Å². The standard InChI is InChI=1S/C18H16F3NO/c1-17(2)11-23-16(22-17)15-6-4-3-5-14(15)12-7-9-13(10-8-12)18(19,20)21/h3-10H,11H2,1-2H3/i16+2. The van der Waals surface area contributed by atoms with E-state index in [1.165, 1.54) is 12.1 Å². The third kappa shape index (κ3) is 3.23. The zero-order valence-electron chi connectivity index (χ0n) is 12.8. The molecule has 0 bridgehead atoms. The van der Waals surface area contributed by atoms with Gasteiger partial charge >= 0.3 is 6.18 Å². The van der Waals surface area contributed by atoms with Gasteiger partial charge in [0.1, 0.15) is 6.61 Å². The largest absolute Gasteiger partial charge is 0.475 e. The second-order valence-corrected chi connectivity index (χ2v) is 6.14. The number of rotatable bonds is 2. The molecule has 0 unspecified atom stereocenters. The maximum absolute atomic E-state index is 12.7. The van der Waals surface area contributed by atoms with Crippen molar-refractivity contribution in [2.24, 2.45) is 4.99 Å². The molecule has 0 atom stereocenters. The van der Waals surface area contributed by atoms with Gasteiger partial charge in [0.25, 0.3) is 0 Å². The van der Waals surface area contributed by atoms with E-state index >= 15 is 0 Å². The molecule has 0 saturated heterocycles. The lowest BCUT2D eigenvalue weighted by atomic mass is 10.0. The van der Waals surface area contributed by atoms with Crippen molar-refractivity contribution in [2.45, 2.75) is 25.6 Å². The number of aliphatic imine (C=N–C) groups is 1. The van der Waals surface area contributed by atoms with Crippen molar-refractivity contribution in [2.75, 3.05) is 6.61 Å². The molecule has 0 spiro atoms. The molecule has 0 radical (unpaired) electrons. The summed E-state index contributed by atoms with van der Waals surface area (Å²) in [5.74, 6) is 0.533. The Balaban J connectivity index is 2.02. The van der Waals surface area contributed by atoms with Crippen molar-refractivity contribution in [1.29, 1.82) is 0 Å². The number of hydrogen-bond donors (Lipinski definition) is 0. The van der Waals surface area contributed by atoms with Crippen LogP contribution in [0.2, 0.25) is 0 Å². The summed E-state index contributed by atoms with van der Waals surface area (Å²) >= 11 is 0. The van der Waals surface area contributed by atoms with Crippen molar-refractivity contribution in [1.82, 2.24) is 0 Å². The molecule has 0 amide bonds. The minimum Gasteiger partial charge on any atom is -0.475 e. The average molecular weight is 321 g/mol. The van der Waals surface area contributed by atoms with E-state index in [1.807, 2.05) is 38.1 Å². The first-order valence-corrected chi connectivity index (χ1v) is 7.26. The SMILES string of the molecule is CC1(C)CO[14C](c2ccccc2-c2ccc(C(F)(F)F)cc2)=N1. The van der Waals surface area contributed by atoms with Gasteiger partial charge in [-0.05, 0) is 43.2 Å². The fraction of sp³-hybridized carbons (Fsp3) is 0.278. The van der Waals surface area contributed by atoms with Gasteiger partial charge < -0.3 is 4.74 Å². The molecule has 0 aromatic heterocycles. The van der Waals surface area contributed by atoms with Gasteiger partial charge in [-0.3, -0.25) is 0 Å². The van der Waals surface area contributed by atoms with E-state index in [9.17, 15) is 13.2 Å². The van der Waals surface area contributed by atoms with Crippen LogP contribution >= 0.6 is 0 Å². The summed E-state index contributed by atoms with van der Waals surface area (Å²) in [6.07, 6.45) is -4.33. The predicted molar refractivity (Wildman–Crippen MR) is 83.4 cm³/mol. The quantitative estimate of drug-likeness (QED) is 0.769. The molecule has 0 N–H and O–H groups in total. The van der Waals surface area contributed by atoms with Crippen molar-refractivity contribution in [3.8, 4) is 11.1 Å². The van der Waals surface area contributed by atoms with Gasteiger partial charge in [0.05, 0.1) is 11.1 Å². The Morgan fingerprint density at radius 2 is 1.70 bits per heavy atom. The number of nitrogens with zero attached hydrogens (tertiary/aromatic N) is 1. The summed E-state index contributed by atoms with van der Waals surface area (Å²) < 4.78 is 43.7. The topological polar surface area (TPSA) is 21.6 Å². The predicted octanol–water partition coefficient (Wildman–Crippen LogP) is 4.93. The normalized spacial score (nSPS) is 16.8. The van der Waals surface area contributed by atoms with Crippen LogP contribution in [-0.4, -0.2) is 18.0 Å². The first-order chi connectivity index (χ1) is 10.8. The number of halogens is 3. The van der Waals surface area contributed by atoms with Gasteiger partial charge in [0.15, 0.2) is 0 Å². The van der Waals surface area contributed by atoms with E-state index in [2.05, 4.69) is 4.99 Å². The molecule has 1 aliphatic heterocycles. The molecule has 0 fully saturated rings. The molecule has 23 heavy (non-hydrogen) atoms. The number of alkyl halides is 3.